The van der Waals surface area contributed by atoms with Crippen LogP contribution in [0.4, 0.5) is 4.39 Å². The first-order chi connectivity index (χ1) is 9.58. The van der Waals surface area contributed by atoms with Gasteiger partial charge in [-0.25, -0.2) is 4.39 Å². The molecule has 4 nitrogen and oxygen atoms in total. The maximum absolute atomic E-state index is 13.9. The van der Waals surface area contributed by atoms with Crippen LogP contribution < -0.4 is 10.6 Å². The van der Waals surface area contributed by atoms with Crippen molar-refractivity contribution in [3.8, 4) is 0 Å². The van der Waals surface area contributed by atoms with Gasteiger partial charge in [0.15, 0.2) is 0 Å². The van der Waals surface area contributed by atoms with Crippen LogP contribution in [0, 0.1) is 12.7 Å². The molecule has 21 heavy (non-hydrogen) atoms. The molecule has 0 radical (unpaired) electrons. The summed E-state index contributed by atoms with van der Waals surface area (Å²) in [6, 6.07) is 4.84. The average Bonchev–Trinajstić information content (AvgIpc) is 2.89. The van der Waals surface area contributed by atoms with Gasteiger partial charge in [-0.05, 0) is 37.9 Å². The first-order valence-corrected chi connectivity index (χ1v) is 6.85. The van der Waals surface area contributed by atoms with E-state index < -0.39 is 5.82 Å². The summed E-state index contributed by atoms with van der Waals surface area (Å²) in [6.45, 7) is 3.53. The summed E-state index contributed by atoms with van der Waals surface area (Å²) in [5.41, 5.74) is 0.337. The number of benzene rings is 1. The van der Waals surface area contributed by atoms with Gasteiger partial charge in [0.2, 0.25) is 0 Å². The fraction of sp³-hybridized carbons (Fsp3) is 0.533. The second-order valence-corrected chi connectivity index (χ2v) is 5.36. The van der Waals surface area contributed by atoms with Crippen molar-refractivity contribution in [3.63, 3.8) is 0 Å². The molecular formula is C15H22ClFN2O2. The highest BCUT2D eigenvalue weighted by Gasteiger charge is 2.34. The summed E-state index contributed by atoms with van der Waals surface area (Å²) >= 11 is 0. The molecular weight excluding hydrogens is 295 g/mol. The number of ether oxygens (including phenoxy) is 1. The van der Waals surface area contributed by atoms with Crippen LogP contribution in [0.2, 0.25) is 0 Å². The highest BCUT2D eigenvalue weighted by atomic mass is 35.5. The Balaban J connectivity index is 0.00000220. The van der Waals surface area contributed by atoms with Crippen molar-refractivity contribution in [2.24, 2.45) is 0 Å². The third-order valence-corrected chi connectivity index (χ3v) is 3.78. The summed E-state index contributed by atoms with van der Waals surface area (Å²) in [6.07, 6.45) is 2.00. The lowest BCUT2D eigenvalue weighted by Crippen LogP contribution is -2.53. The Morgan fingerprint density at radius 1 is 1.52 bits per heavy atom. The van der Waals surface area contributed by atoms with E-state index in [-0.39, 0.29) is 29.4 Å². The number of hydrogen-bond donors (Lipinski definition) is 2. The zero-order valence-corrected chi connectivity index (χ0v) is 13.2. The fourth-order valence-corrected chi connectivity index (χ4v) is 2.64. The van der Waals surface area contributed by atoms with Crippen LogP contribution >= 0.6 is 12.4 Å². The summed E-state index contributed by atoms with van der Waals surface area (Å²) < 4.78 is 19.1. The topological polar surface area (TPSA) is 50.4 Å². The van der Waals surface area contributed by atoms with E-state index in [1.807, 2.05) is 0 Å². The van der Waals surface area contributed by atoms with Crippen LogP contribution in [-0.2, 0) is 4.74 Å². The molecule has 1 fully saturated rings. The first kappa shape index (κ1) is 17.9. The van der Waals surface area contributed by atoms with E-state index in [0.29, 0.717) is 18.7 Å². The number of nitrogens with one attached hydrogen (secondary N) is 2. The van der Waals surface area contributed by atoms with Crippen LogP contribution in [-0.4, -0.2) is 38.3 Å². The lowest BCUT2D eigenvalue weighted by molar-refractivity contribution is 0.0888. The molecule has 1 amide bonds. The lowest BCUT2D eigenvalue weighted by atomic mass is 9.98. The van der Waals surface area contributed by atoms with E-state index in [0.717, 1.165) is 19.4 Å². The molecule has 1 aliphatic rings. The van der Waals surface area contributed by atoms with Gasteiger partial charge < -0.3 is 15.4 Å². The summed E-state index contributed by atoms with van der Waals surface area (Å²) in [4.78, 5) is 12.1. The predicted octanol–water partition coefficient (Wildman–Crippen LogP) is 2.05. The number of carbonyl (C=O) groups excluding carboxylic acids is 1. The van der Waals surface area contributed by atoms with Gasteiger partial charge in [-0.1, -0.05) is 12.1 Å². The Bertz CT molecular complexity index is 491. The Morgan fingerprint density at radius 3 is 2.90 bits per heavy atom. The first-order valence-electron chi connectivity index (χ1n) is 6.85. The van der Waals surface area contributed by atoms with Gasteiger partial charge in [0.25, 0.3) is 5.91 Å². The van der Waals surface area contributed by atoms with E-state index in [1.54, 1.807) is 26.2 Å². The molecule has 1 unspecified atom stereocenters. The van der Waals surface area contributed by atoms with E-state index in [4.69, 9.17) is 4.74 Å². The second-order valence-electron chi connectivity index (χ2n) is 5.36. The Kier molecular flexibility index (Phi) is 6.58. The largest absolute Gasteiger partial charge is 0.383 e. The monoisotopic (exact) mass is 316 g/mol. The van der Waals surface area contributed by atoms with E-state index in [2.05, 4.69) is 10.6 Å². The molecule has 1 aromatic rings. The minimum absolute atomic E-state index is 0. The number of amides is 1. The number of rotatable bonds is 5. The Hall–Kier alpha value is -1.17. The molecule has 0 bridgehead atoms. The lowest BCUT2D eigenvalue weighted by Gasteiger charge is -2.29. The molecule has 0 aromatic heterocycles. The van der Waals surface area contributed by atoms with Crippen molar-refractivity contribution in [1.82, 2.24) is 10.6 Å². The molecule has 2 rings (SSSR count). The Morgan fingerprint density at radius 2 is 2.29 bits per heavy atom. The number of methoxy groups -OCH3 is 1. The average molecular weight is 317 g/mol. The van der Waals surface area contributed by atoms with Crippen molar-refractivity contribution in [2.75, 3.05) is 26.8 Å². The van der Waals surface area contributed by atoms with Gasteiger partial charge >= 0.3 is 0 Å². The van der Waals surface area contributed by atoms with Gasteiger partial charge in [-0.2, -0.15) is 0 Å². The summed E-state index contributed by atoms with van der Waals surface area (Å²) in [7, 11) is 1.64. The highest BCUT2D eigenvalue weighted by Crippen LogP contribution is 2.19. The third kappa shape index (κ3) is 4.15. The molecule has 1 heterocycles. The molecule has 0 aliphatic carbocycles. The summed E-state index contributed by atoms with van der Waals surface area (Å²) in [5, 5.41) is 6.18. The third-order valence-electron chi connectivity index (χ3n) is 3.78. The summed E-state index contributed by atoms with van der Waals surface area (Å²) in [5.74, 6) is -0.833. The van der Waals surface area contributed by atoms with E-state index >= 15 is 0 Å². The van der Waals surface area contributed by atoms with Gasteiger partial charge in [-0.15, -0.1) is 12.4 Å². The van der Waals surface area contributed by atoms with E-state index in [1.165, 1.54) is 6.07 Å². The van der Waals surface area contributed by atoms with Gasteiger partial charge in [0.1, 0.15) is 5.82 Å². The van der Waals surface area contributed by atoms with Crippen molar-refractivity contribution < 1.29 is 13.9 Å². The zero-order valence-electron chi connectivity index (χ0n) is 12.4. The molecule has 118 valence electrons. The molecule has 1 aromatic carbocycles. The second kappa shape index (κ2) is 7.73. The van der Waals surface area contributed by atoms with Crippen LogP contribution in [0.25, 0.3) is 0 Å². The predicted molar refractivity (Wildman–Crippen MR) is 82.6 cm³/mol. The van der Waals surface area contributed by atoms with Crippen molar-refractivity contribution in [1.29, 1.82) is 0 Å². The SMILES string of the molecule is COCC1(CNC(=O)c2cccc(C)c2F)CCCN1.Cl. The van der Waals surface area contributed by atoms with Crippen LogP contribution in [0.1, 0.15) is 28.8 Å². The molecule has 1 aliphatic heterocycles. The molecule has 1 atom stereocenters. The van der Waals surface area contributed by atoms with E-state index in [9.17, 15) is 9.18 Å². The normalized spacial score (nSPS) is 20.9. The number of halogens is 2. The van der Waals surface area contributed by atoms with Crippen molar-refractivity contribution >= 4 is 18.3 Å². The van der Waals surface area contributed by atoms with Crippen molar-refractivity contribution in [3.05, 3.63) is 35.1 Å². The Labute approximate surface area is 130 Å². The minimum atomic E-state index is -0.454. The molecule has 0 spiro atoms. The number of hydrogen-bond acceptors (Lipinski definition) is 3. The van der Waals surface area contributed by atoms with Crippen LogP contribution in [0.15, 0.2) is 18.2 Å². The maximum atomic E-state index is 13.9. The molecule has 1 saturated heterocycles. The number of aryl methyl sites for hydroxylation is 1. The minimum Gasteiger partial charge on any atom is -0.383 e. The zero-order chi connectivity index (χ0) is 14.6. The molecule has 0 saturated carbocycles. The quantitative estimate of drug-likeness (QED) is 0.874. The van der Waals surface area contributed by atoms with Crippen LogP contribution in [0.3, 0.4) is 0 Å². The van der Waals surface area contributed by atoms with Gasteiger partial charge in [-0.3, -0.25) is 4.79 Å². The molecule has 2 N–H and O–H groups in total. The smallest absolute Gasteiger partial charge is 0.254 e. The molecule has 6 heteroatoms. The number of carbonyl (C=O) groups is 1. The fourth-order valence-electron chi connectivity index (χ4n) is 2.64. The van der Waals surface area contributed by atoms with Crippen LogP contribution in [0.5, 0.6) is 0 Å². The van der Waals surface area contributed by atoms with Gasteiger partial charge in [0.05, 0.1) is 17.7 Å². The van der Waals surface area contributed by atoms with Gasteiger partial charge in [0, 0.05) is 13.7 Å². The standard InChI is InChI=1S/C15H21FN2O2.ClH/c1-11-5-3-6-12(13(11)16)14(19)17-9-15(10-20-2)7-4-8-18-15;/h3,5-6,18H,4,7-10H2,1-2H3,(H,17,19);1H. The highest BCUT2D eigenvalue weighted by molar-refractivity contribution is 5.94. The van der Waals surface area contributed by atoms with Crippen molar-refractivity contribution in [2.45, 2.75) is 25.3 Å². The maximum Gasteiger partial charge on any atom is 0.254 e.